The molecule has 72 valence electrons. The number of carbonyl (C=O) groups excluding carboxylic acids is 1. The third kappa shape index (κ3) is 7.64. The molecule has 0 aromatic rings. The van der Waals surface area contributed by atoms with E-state index in [1.165, 1.54) is 0 Å². The number of phosphoric acid groups is 1. The minimum absolute atomic E-state index is 0.336. The second-order valence-electron chi connectivity index (χ2n) is 1.71. The summed E-state index contributed by atoms with van der Waals surface area (Å²) in [6.45, 7) is 1.61. The summed E-state index contributed by atoms with van der Waals surface area (Å²) in [5.74, 6) is -1.07. The lowest BCUT2D eigenvalue weighted by Gasteiger charge is -2.05. The second kappa shape index (κ2) is 5.23. The van der Waals surface area contributed by atoms with Crippen molar-refractivity contribution in [2.45, 2.75) is 6.92 Å². The molecule has 0 unspecified atom stereocenters. The Kier molecular flexibility index (Phi) is 5.03. The average molecular weight is 199 g/mol. The number of phosphoric ester groups is 1. The lowest BCUT2D eigenvalue weighted by molar-refractivity contribution is -0.137. The normalized spacial score (nSPS) is 11.2. The van der Waals surface area contributed by atoms with E-state index in [0.717, 1.165) is 0 Å². The van der Waals surface area contributed by atoms with Crippen LogP contribution >= 0.6 is 7.82 Å². The van der Waals surface area contributed by atoms with Gasteiger partial charge in [-0.05, 0) is 6.92 Å². The first-order valence-electron chi connectivity index (χ1n) is 3.08. The Hall–Kier alpha value is -0.460. The van der Waals surface area contributed by atoms with E-state index < -0.39 is 20.3 Å². The van der Waals surface area contributed by atoms with Crippen LogP contribution < -0.4 is 5.48 Å². The van der Waals surface area contributed by atoms with Crippen LogP contribution in [0.2, 0.25) is 0 Å². The van der Waals surface area contributed by atoms with Crippen molar-refractivity contribution < 1.29 is 28.5 Å². The van der Waals surface area contributed by atoms with E-state index in [2.05, 4.69) is 14.8 Å². The maximum atomic E-state index is 10.5. The Morgan fingerprint density at radius 1 is 1.58 bits per heavy atom. The number of hydrogen-bond acceptors (Lipinski definition) is 5. The first-order valence-corrected chi connectivity index (χ1v) is 4.61. The fourth-order valence-electron chi connectivity index (χ4n) is 0.377. The predicted molar refractivity (Wildman–Crippen MR) is 37.8 cm³/mol. The third-order valence-electron chi connectivity index (χ3n) is 0.684. The fraction of sp³-hybridized carbons (Fsp3) is 0.750. The van der Waals surface area contributed by atoms with Crippen LogP contribution in [0.1, 0.15) is 6.92 Å². The van der Waals surface area contributed by atoms with Crippen LogP contribution in [-0.4, -0.2) is 28.9 Å². The molecule has 0 aliphatic rings. The summed E-state index contributed by atoms with van der Waals surface area (Å²) in [7, 11) is -4.72. The summed E-state index contributed by atoms with van der Waals surface area (Å²) < 4.78 is 13.7. The average Bonchev–Trinajstić information content (AvgIpc) is 1.84. The van der Waals surface area contributed by atoms with Gasteiger partial charge < -0.3 is 9.36 Å². The highest BCUT2D eigenvalue weighted by atomic mass is 31.2. The Bertz CT molecular complexity index is 188. The first-order chi connectivity index (χ1) is 5.45. The van der Waals surface area contributed by atoms with Crippen molar-refractivity contribution in [3.05, 3.63) is 0 Å². The summed E-state index contributed by atoms with van der Waals surface area (Å²) in [5, 5.41) is 0. The van der Waals surface area contributed by atoms with E-state index in [-0.39, 0.29) is 0 Å². The second-order valence-corrected chi connectivity index (χ2v) is 2.87. The largest absolute Gasteiger partial charge is 0.527 e. The standard InChI is InChI=1S/C4H10NO6P/c1-2-10-5-3-4(6)11-12(7,8)9/h5H,2-3H2,1H3,(H2,7,8,9). The van der Waals surface area contributed by atoms with Crippen molar-refractivity contribution in [2.24, 2.45) is 0 Å². The zero-order valence-electron chi connectivity index (χ0n) is 6.39. The van der Waals surface area contributed by atoms with E-state index in [4.69, 9.17) is 9.79 Å². The highest BCUT2D eigenvalue weighted by molar-refractivity contribution is 7.46. The van der Waals surface area contributed by atoms with Crippen LogP contribution in [0.5, 0.6) is 0 Å². The third-order valence-corrected chi connectivity index (χ3v) is 1.13. The van der Waals surface area contributed by atoms with Gasteiger partial charge in [0.2, 0.25) is 0 Å². The molecule has 0 saturated heterocycles. The van der Waals surface area contributed by atoms with Crippen LogP contribution in [0.4, 0.5) is 0 Å². The van der Waals surface area contributed by atoms with Crippen LogP contribution in [0.15, 0.2) is 0 Å². The van der Waals surface area contributed by atoms with E-state index >= 15 is 0 Å². The summed E-state index contributed by atoms with van der Waals surface area (Å²) in [6, 6.07) is 0. The SMILES string of the molecule is CCONCC(=O)OP(=O)(O)O. The van der Waals surface area contributed by atoms with Crippen LogP contribution in [0, 0.1) is 0 Å². The van der Waals surface area contributed by atoms with Crippen molar-refractivity contribution in [1.82, 2.24) is 5.48 Å². The molecule has 0 fully saturated rings. The number of hydroxylamine groups is 1. The molecule has 0 aliphatic heterocycles. The molecule has 0 spiro atoms. The van der Waals surface area contributed by atoms with Crippen molar-refractivity contribution in [3.8, 4) is 0 Å². The minimum atomic E-state index is -4.72. The van der Waals surface area contributed by atoms with Gasteiger partial charge >= 0.3 is 13.8 Å². The van der Waals surface area contributed by atoms with Gasteiger partial charge in [0.25, 0.3) is 0 Å². The molecule has 0 radical (unpaired) electrons. The lowest BCUT2D eigenvalue weighted by atomic mass is 10.7. The molecule has 0 bridgehead atoms. The van der Waals surface area contributed by atoms with Crippen molar-refractivity contribution in [1.29, 1.82) is 0 Å². The van der Waals surface area contributed by atoms with Crippen LogP contribution in [-0.2, 0) is 18.7 Å². The number of nitrogens with one attached hydrogen (secondary N) is 1. The molecule has 12 heavy (non-hydrogen) atoms. The molecule has 0 atom stereocenters. The first kappa shape index (κ1) is 11.5. The van der Waals surface area contributed by atoms with Gasteiger partial charge in [-0.1, -0.05) is 0 Å². The summed E-state index contributed by atoms with van der Waals surface area (Å²) in [6.07, 6.45) is 0. The monoisotopic (exact) mass is 199 g/mol. The van der Waals surface area contributed by atoms with Gasteiger partial charge in [0.15, 0.2) is 0 Å². The molecular weight excluding hydrogens is 189 g/mol. The van der Waals surface area contributed by atoms with E-state index in [9.17, 15) is 9.36 Å². The summed E-state index contributed by atoms with van der Waals surface area (Å²) in [5.41, 5.74) is 2.14. The topological polar surface area (TPSA) is 105 Å². The molecule has 0 aliphatic carbocycles. The van der Waals surface area contributed by atoms with Gasteiger partial charge in [0.05, 0.1) is 6.61 Å². The zero-order valence-corrected chi connectivity index (χ0v) is 7.28. The van der Waals surface area contributed by atoms with Gasteiger partial charge in [-0.25, -0.2) is 4.57 Å². The summed E-state index contributed by atoms with van der Waals surface area (Å²) in [4.78, 5) is 31.3. The quantitative estimate of drug-likeness (QED) is 0.301. The Morgan fingerprint density at radius 2 is 2.17 bits per heavy atom. The highest BCUT2D eigenvalue weighted by Gasteiger charge is 2.19. The van der Waals surface area contributed by atoms with Gasteiger partial charge in [-0.2, -0.15) is 5.48 Å². The molecule has 0 heterocycles. The van der Waals surface area contributed by atoms with Gasteiger partial charge in [0.1, 0.15) is 6.54 Å². The molecule has 0 amide bonds. The maximum Gasteiger partial charge on any atom is 0.527 e. The molecular formula is C4H10NO6P. The number of hydrogen-bond donors (Lipinski definition) is 3. The molecule has 0 aromatic heterocycles. The number of carbonyl (C=O) groups is 1. The van der Waals surface area contributed by atoms with E-state index in [1.54, 1.807) is 6.92 Å². The van der Waals surface area contributed by atoms with Crippen molar-refractivity contribution in [2.75, 3.05) is 13.2 Å². The van der Waals surface area contributed by atoms with Gasteiger partial charge in [-0.3, -0.25) is 14.6 Å². The molecule has 3 N–H and O–H groups in total. The number of rotatable bonds is 5. The van der Waals surface area contributed by atoms with Gasteiger partial charge in [-0.15, -0.1) is 0 Å². The minimum Gasteiger partial charge on any atom is -0.370 e. The molecule has 7 nitrogen and oxygen atoms in total. The molecule has 0 saturated carbocycles. The van der Waals surface area contributed by atoms with Gasteiger partial charge in [0, 0.05) is 0 Å². The summed E-state index contributed by atoms with van der Waals surface area (Å²) >= 11 is 0. The van der Waals surface area contributed by atoms with Crippen LogP contribution in [0.25, 0.3) is 0 Å². The molecule has 0 aromatic carbocycles. The lowest BCUT2D eigenvalue weighted by Crippen LogP contribution is -2.24. The molecule has 0 rings (SSSR count). The zero-order chi connectivity index (χ0) is 9.61. The smallest absolute Gasteiger partial charge is 0.370 e. The Balaban J connectivity index is 3.54. The highest BCUT2D eigenvalue weighted by Crippen LogP contribution is 2.35. The van der Waals surface area contributed by atoms with E-state index in [1.807, 2.05) is 0 Å². The van der Waals surface area contributed by atoms with Crippen molar-refractivity contribution >= 4 is 13.8 Å². The molecule has 8 heteroatoms. The van der Waals surface area contributed by atoms with Crippen molar-refractivity contribution in [3.63, 3.8) is 0 Å². The fourth-order valence-corrected chi connectivity index (χ4v) is 0.707. The van der Waals surface area contributed by atoms with Crippen LogP contribution in [0.3, 0.4) is 0 Å². The Labute approximate surface area is 68.9 Å². The van der Waals surface area contributed by atoms with E-state index in [0.29, 0.717) is 6.61 Å². The predicted octanol–water partition coefficient (Wildman–Crippen LogP) is -0.837. The maximum absolute atomic E-state index is 10.5. The Morgan fingerprint density at radius 3 is 2.58 bits per heavy atom.